The van der Waals surface area contributed by atoms with Gasteiger partial charge in [0.05, 0.1) is 20.8 Å². The first-order valence-corrected chi connectivity index (χ1v) is 6.28. The van der Waals surface area contributed by atoms with Gasteiger partial charge in [-0.15, -0.1) is 0 Å². The summed E-state index contributed by atoms with van der Waals surface area (Å²) in [5.74, 6) is 1.43. The molecule has 1 N–H and O–H groups in total. The second kappa shape index (κ2) is 5.93. The van der Waals surface area contributed by atoms with Crippen molar-refractivity contribution >= 4 is 5.97 Å². The van der Waals surface area contributed by atoms with Crippen LogP contribution in [0.2, 0.25) is 0 Å². The molecule has 0 amide bonds. The van der Waals surface area contributed by atoms with E-state index in [2.05, 4.69) is 10.1 Å². The summed E-state index contributed by atoms with van der Waals surface area (Å²) in [4.78, 5) is 11.0. The lowest BCUT2D eigenvalue weighted by atomic mass is 10.1. The SMILES string of the molecule is COC(=O)CNCc1cc2c(cc1OC)CC(C)O2. The van der Waals surface area contributed by atoms with Crippen molar-refractivity contribution in [3.8, 4) is 11.5 Å². The van der Waals surface area contributed by atoms with Crippen molar-refractivity contribution in [3.05, 3.63) is 23.3 Å². The molecule has 0 spiro atoms. The number of hydrogen-bond acceptors (Lipinski definition) is 5. The molecule has 5 heteroatoms. The molecule has 1 aromatic carbocycles. The van der Waals surface area contributed by atoms with E-state index < -0.39 is 0 Å². The summed E-state index contributed by atoms with van der Waals surface area (Å²) in [6.45, 7) is 2.75. The Morgan fingerprint density at radius 1 is 1.47 bits per heavy atom. The lowest BCUT2D eigenvalue weighted by Gasteiger charge is -2.11. The maximum atomic E-state index is 11.0. The maximum absolute atomic E-state index is 11.0. The van der Waals surface area contributed by atoms with Crippen LogP contribution >= 0.6 is 0 Å². The normalized spacial score (nSPS) is 16.7. The fourth-order valence-corrected chi connectivity index (χ4v) is 2.18. The van der Waals surface area contributed by atoms with Crippen molar-refractivity contribution in [2.75, 3.05) is 20.8 Å². The molecule has 1 aliphatic heterocycles. The molecular weight excluding hydrogens is 246 g/mol. The molecular formula is C14H19NO4. The second-order valence-electron chi connectivity index (χ2n) is 4.58. The van der Waals surface area contributed by atoms with Gasteiger partial charge in [-0.1, -0.05) is 0 Å². The number of rotatable bonds is 5. The van der Waals surface area contributed by atoms with E-state index in [0.29, 0.717) is 6.54 Å². The van der Waals surface area contributed by atoms with Crippen LogP contribution in [-0.2, 0) is 22.5 Å². The third-order valence-corrected chi connectivity index (χ3v) is 3.11. The van der Waals surface area contributed by atoms with E-state index in [-0.39, 0.29) is 18.6 Å². The largest absolute Gasteiger partial charge is 0.496 e. The van der Waals surface area contributed by atoms with Gasteiger partial charge in [0, 0.05) is 24.1 Å². The molecule has 2 rings (SSSR count). The Bertz CT molecular complexity index is 473. The van der Waals surface area contributed by atoms with Crippen LogP contribution in [0.1, 0.15) is 18.1 Å². The summed E-state index contributed by atoms with van der Waals surface area (Å²) in [5, 5.41) is 3.02. The third-order valence-electron chi connectivity index (χ3n) is 3.11. The third kappa shape index (κ3) is 3.17. The van der Waals surface area contributed by atoms with Crippen LogP contribution in [0.5, 0.6) is 11.5 Å². The van der Waals surface area contributed by atoms with Crippen LogP contribution in [0, 0.1) is 0 Å². The molecule has 0 saturated carbocycles. The minimum atomic E-state index is -0.287. The zero-order chi connectivity index (χ0) is 13.8. The van der Waals surface area contributed by atoms with Gasteiger partial charge in [0.2, 0.25) is 0 Å². The predicted molar refractivity (Wildman–Crippen MR) is 70.5 cm³/mol. The van der Waals surface area contributed by atoms with Crippen LogP contribution in [0.15, 0.2) is 12.1 Å². The zero-order valence-electron chi connectivity index (χ0n) is 11.5. The van der Waals surface area contributed by atoms with E-state index >= 15 is 0 Å². The van der Waals surface area contributed by atoms with Gasteiger partial charge >= 0.3 is 5.97 Å². The monoisotopic (exact) mass is 265 g/mol. The minimum absolute atomic E-state index is 0.175. The fraction of sp³-hybridized carbons (Fsp3) is 0.500. The van der Waals surface area contributed by atoms with Crippen molar-refractivity contribution in [1.82, 2.24) is 5.32 Å². The van der Waals surface area contributed by atoms with Crippen LogP contribution in [0.25, 0.3) is 0 Å². The lowest BCUT2D eigenvalue weighted by Crippen LogP contribution is -2.23. The Morgan fingerprint density at radius 2 is 2.26 bits per heavy atom. The quantitative estimate of drug-likeness (QED) is 0.813. The number of methoxy groups -OCH3 is 2. The zero-order valence-corrected chi connectivity index (χ0v) is 11.5. The molecule has 104 valence electrons. The number of carbonyl (C=O) groups is 1. The molecule has 1 heterocycles. The smallest absolute Gasteiger partial charge is 0.319 e. The average Bonchev–Trinajstić information content (AvgIpc) is 2.76. The number of esters is 1. The summed E-state index contributed by atoms with van der Waals surface area (Å²) in [7, 11) is 3.01. The van der Waals surface area contributed by atoms with Gasteiger partial charge in [0.1, 0.15) is 17.6 Å². The van der Waals surface area contributed by atoms with Gasteiger partial charge in [0.25, 0.3) is 0 Å². The molecule has 1 unspecified atom stereocenters. The van der Waals surface area contributed by atoms with Gasteiger partial charge in [-0.3, -0.25) is 4.79 Å². The first kappa shape index (κ1) is 13.7. The molecule has 1 aliphatic rings. The Morgan fingerprint density at radius 3 is 2.95 bits per heavy atom. The molecule has 0 aliphatic carbocycles. The van der Waals surface area contributed by atoms with Crippen molar-refractivity contribution in [2.24, 2.45) is 0 Å². The molecule has 0 radical (unpaired) electrons. The van der Waals surface area contributed by atoms with Gasteiger partial charge in [-0.05, 0) is 19.1 Å². The number of benzene rings is 1. The van der Waals surface area contributed by atoms with E-state index in [4.69, 9.17) is 9.47 Å². The topological polar surface area (TPSA) is 56.8 Å². The van der Waals surface area contributed by atoms with Crippen LogP contribution in [0.3, 0.4) is 0 Å². The summed E-state index contributed by atoms with van der Waals surface area (Å²) >= 11 is 0. The fourth-order valence-electron chi connectivity index (χ4n) is 2.18. The maximum Gasteiger partial charge on any atom is 0.319 e. The molecule has 0 aromatic heterocycles. The molecule has 0 bridgehead atoms. The Labute approximate surface area is 112 Å². The van der Waals surface area contributed by atoms with E-state index in [1.807, 2.05) is 19.1 Å². The van der Waals surface area contributed by atoms with Crippen LogP contribution in [0.4, 0.5) is 0 Å². The minimum Gasteiger partial charge on any atom is -0.496 e. The van der Waals surface area contributed by atoms with Gasteiger partial charge in [0.15, 0.2) is 0 Å². The van der Waals surface area contributed by atoms with Crippen LogP contribution in [-0.4, -0.2) is 32.8 Å². The summed E-state index contributed by atoms with van der Waals surface area (Å²) in [6, 6.07) is 3.98. The van der Waals surface area contributed by atoms with Crippen molar-refractivity contribution < 1.29 is 19.0 Å². The van der Waals surface area contributed by atoms with E-state index in [1.54, 1.807) is 7.11 Å². The Hall–Kier alpha value is -1.75. The Balaban J connectivity index is 2.07. The van der Waals surface area contributed by atoms with Gasteiger partial charge < -0.3 is 19.5 Å². The highest BCUT2D eigenvalue weighted by Gasteiger charge is 2.21. The highest BCUT2D eigenvalue weighted by Crippen LogP contribution is 2.34. The van der Waals surface area contributed by atoms with E-state index in [0.717, 1.165) is 23.5 Å². The van der Waals surface area contributed by atoms with Gasteiger partial charge in [-0.2, -0.15) is 0 Å². The number of ether oxygens (including phenoxy) is 3. The van der Waals surface area contributed by atoms with Gasteiger partial charge in [-0.25, -0.2) is 0 Å². The summed E-state index contributed by atoms with van der Waals surface area (Å²) < 4.78 is 15.7. The number of nitrogens with one attached hydrogen (secondary N) is 1. The van der Waals surface area contributed by atoms with Crippen molar-refractivity contribution in [1.29, 1.82) is 0 Å². The highest BCUT2D eigenvalue weighted by molar-refractivity contribution is 5.71. The number of carbonyl (C=O) groups excluding carboxylic acids is 1. The standard InChI is InChI=1S/C14H19NO4/c1-9-4-10-5-12(17-2)11(6-13(10)19-9)7-15-8-14(16)18-3/h5-6,9,15H,4,7-8H2,1-3H3. The van der Waals surface area contributed by atoms with Crippen molar-refractivity contribution in [2.45, 2.75) is 26.0 Å². The lowest BCUT2D eigenvalue weighted by molar-refractivity contribution is -0.139. The van der Waals surface area contributed by atoms with E-state index in [1.165, 1.54) is 12.7 Å². The second-order valence-corrected chi connectivity index (χ2v) is 4.58. The average molecular weight is 265 g/mol. The summed E-state index contributed by atoms with van der Waals surface area (Å²) in [5.41, 5.74) is 2.14. The molecule has 0 saturated heterocycles. The van der Waals surface area contributed by atoms with Crippen molar-refractivity contribution in [3.63, 3.8) is 0 Å². The molecule has 1 aromatic rings. The van der Waals surface area contributed by atoms with Crippen LogP contribution < -0.4 is 14.8 Å². The Kier molecular flexibility index (Phi) is 4.27. The highest BCUT2D eigenvalue weighted by atomic mass is 16.5. The first-order chi connectivity index (χ1) is 9.13. The molecule has 5 nitrogen and oxygen atoms in total. The first-order valence-electron chi connectivity index (χ1n) is 6.28. The molecule has 19 heavy (non-hydrogen) atoms. The molecule has 0 fully saturated rings. The predicted octanol–water partition coefficient (Wildman–Crippen LogP) is 1.28. The number of hydrogen-bond donors (Lipinski definition) is 1. The molecule has 1 atom stereocenters. The summed E-state index contributed by atoms with van der Waals surface area (Å²) in [6.07, 6.45) is 1.11. The number of fused-ring (bicyclic) bond motifs is 1. The van der Waals surface area contributed by atoms with E-state index in [9.17, 15) is 4.79 Å².